The van der Waals surface area contributed by atoms with Crippen LogP contribution in [-0.4, -0.2) is 9.55 Å². The van der Waals surface area contributed by atoms with Gasteiger partial charge in [0.1, 0.15) is 12.9 Å². The van der Waals surface area contributed by atoms with E-state index in [1.165, 1.54) is 43.8 Å². The summed E-state index contributed by atoms with van der Waals surface area (Å²) in [7, 11) is 2.04. The van der Waals surface area contributed by atoms with Crippen molar-refractivity contribution >= 4 is 32.6 Å². The van der Waals surface area contributed by atoms with Crippen molar-refractivity contribution in [1.82, 2.24) is 9.55 Å². The summed E-state index contributed by atoms with van der Waals surface area (Å²) in [5, 5.41) is 5.04. The molecule has 0 saturated carbocycles. The Kier molecular flexibility index (Phi) is 5.68. The molecule has 0 aliphatic rings. The van der Waals surface area contributed by atoms with Crippen molar-refractivity contribution in [3.05, 3.63) is 152 Å². The van der Waals surface area contributed by atoms with Crippen LogP contribution < -0.4 is 4.57 Å². The van der Waals surface area contributed by atoms with E-state index in [4.69, 9.17) is 4.98 Å². The number of imidazole rings is 1. The number of para-hydroxylation sites is 2. The predicted molar refractivity (Wildman–Crippen MR) is 174 cm³/mol. The lowest BCUT2D eigenvalue weighted by Gasteiger charge is -2.18. The maximum absolute atomic E-state index is 5.09. The zero-order valence-electron chi connectivity index (χ0n) is 23.3. The average Bonchev–Trinajstić information content (AvgIpc) is 3.44. The van der Waals surface area contributed by atoms with Gasteiger partial charge in [-0.25, -0.2) is 9.55 Å². The summed E-state index contributed by atoms with van der Waals surface area (Å²) in [6.07, 6.45) is 4.15. The number of fused-ring (bicyclic) bond motifs is 3. The summed E-state index contributed by atoms with van der Waals surface area (Å²) in [5.74, 6) is 0.936. The van der Waals surface area contributed by atoms with Gasteiger partial charge in [-0.3, -0.25) is 4.57 Å². The first-order valence-electron chi connectivity index (χ1n) is 14.3. The van der Waals surface area contributed by atoms with Crippen LogP contribution in [0, 0.1) is 0 Å². The van der Waals surface area contributed by atoms with Gasteiger partial charge in [0, 0.05) is 17.7 Å². The Bertz CT molecular complexity index is 2170. The van der Waals surface area contributed by atoms with E-state index in [-0.39, 0.29) is 0 Å². The second kappa shape index (κ2) is 9.83. The zero-order valence-corrected chi connectivity index (χ0v) is 23.3. The number of benzene rings is 6. The fourth-order valence-corrected chi connectivity index (χ4v) is 6.26. The highest BCUT2D eigenvalue weighted by Crippen LogP contribution is 2.43. The van der Waals surface area contributed by atoms with Gasteiger partial charge in [0.2, 0.25) is 0 Å². The molecule has 0 saturated heterocycles. The summed E-state index contributed by atoms with van der Waals surface area (Å²) in [4.78, 5) is 5.09. The molecule has 0 aliphatic carbocycles. The molecule has 0 fully saturated rings. The van der Waals surface area contributed by atoms with E-state index in [0.717, 1.165) is 28.1 Å². The SMILES string of the molecule is C[n+]1ccc(-n2c(-c3ccc(-c4c5ccccc5c(-c5ccccc5)c5ccccc45)cc3)nc3ccccc32)cc1. The van der Waals surface area contributed by atoms with Crippen molar-refractivity contribution in [2.45, 2.75) is 0 Å². The number of aryl methyl sites for hydroxylation is 1. The molecule has 0 radical (unpaired) electrons. The topological polar surface area (TPSA) is 21.7 Å². The first kappa shape index (κ1) is 24.3. The van der Waals surface area contributed by atoms with E-state index in [0.29, 0.717) is 0 Å². The van der Waals surface area contributed by atoms with Crippen molar-refractivity contribution < 1.29 is 4.57 Å². The number of rotatable bonds is 4. The number of hydrogen-bond acceptors (Lipinski definition) is 1. The van der Waals surface area contributed by atoms with Gasteiger partial charge in [-0.15, -0.1) is 0 Å². The minimum absolute atomic E-state index is 0.936. The van der Waals surface area contributed by atoms with E-state index in [9.17, 15) is 0 Å². The highest BCUT2D eigenvalue weighted by molar-refractivity contribution is 6.21. The molecule has 42 heavy (non-hydrogen) atoms. The summed E-state index contributed by atoms with van der Waals surface area (Å²) >= 11 is 0. The Balaban J connectivity index is 1.33. The van der Waals surface area contributed by atoms with Crippen molar-refractivity contribution in [3.8, 4) is 39.3 Å². The molecule has 0 spiro atoms. The Hall–Kier alpha value is -5.54. The molecule has 2 aromatic heterocycles. The Morgan fingerprint density at radius 3 is 1.55 bits per heavy atom. The van der Waals surface area contributed by atoms with Gasteiger partial charge >= 0.3 is 0 Å². The summed E-state index contributed by atoms with van der Waals surface area (Å²) in [6.45, 7) is 0. The van der Waals surface area contributed by atoms with Crippen molar-refractivity contribution in [1.29, 1.82) is 0 Å². The molecule has 6 aromatic carbocycles. The molecule has 3 heteroatoms. The first-order valence-corrected chi connectivity index (χ1v) is 14.3. The second-order valence-corrected chi connectivity index (χ2v) is 10.8. The van der Waals surface area contributed by atoms with Crippen LogP contribution in [0.5, 0.6) is 0 Å². The first-order chi connectivity index (χ1) is 20.8. The molecule has 198 valence electrons. The van der Waals surface area contributed by atoms with Crippen LogP contribution in [0.1, 0.15) is 0 Å². The summed E-state index contributed by atoms with van der Waals surface area (Å²) in [5.41, 5.74) is 9.23. The van der Waals surface area contributed by atoms with Gasteiger partial charge < -0.3 is 0 Å². The molecule has 0 bridgehead atoms. The van der Waals surface area contributed by atoms with Gasteiger partial charge in [0.05, 0.1) is 16.7 Å². The normalized spacial score (nSPS) is 11.5. The molecule has 2 heterocycles. The average molecular weight is 539 g/mol. The lowest BCUT2D eigenvalue weighted by atomic mass is 9.86. The van der Waals surface area contributed by atoms with Crippen molar-refractivity contribution in [2.75, 3.05) is 0 Å². The van der Waals surface area contributed by atoms with Gasteiger partial charge in [-0.05, 0) is 55.9 Å². The smallest absolute Gasteiger partial charge is 0.170 e. The summed E-state index contributed by atoms with van der Waals surface area (Å²) in [6, 6.07) is 49.9. The molecular formula is C39H28N3+. The van der Waals surface area contributed by atoms with E-state index >= 15 is 0 Å². The molecule has 0 unspecified atom stereocenters. The molecule has 0 atom stereocenters. The number of nitrogens with zero attached hydrogens (tertiary/aromatic N) is 3. The van der Waals surface area contributed by atoms with Gasteiger partial charge in [-0.2, -0.15) is 0 Å². The minimum atomic E-state index is 0.936. The van der Waals surface area contributed by atoms with Gasteiger partial charge in [0.15, 0.2) is 12.4 Å². The van der Waals surface area contributed by atoms with Gasteiger partial charge in [-0.1, -0.05) is 115 Å². The summed E-state index contributed by atoms with van der Waals surface area (Å²) < 4.78 is 4.30. The van der Waals surface area contributed by atoms with Crippen LogP contribution in [0.25, 0.3) is 71.9 Å². The highest BCUT2D eigenvalue weighted by Gasteiger charge is 2.18. The third kappa shape index (κ3) is 3.90. The molecule has 0 N–H and O–H groups in total. The number of pyridine rings is 1. The van der Waals surface area contributed by atoms with E-state index in [1.54, 1.807) is 0 Å². The maximum atomic E-state index is 5.09. The third-order valence-electron chi connectivity index (χ3n) is 8.21. The quantitative estimate of drug-likeness (QED) is 0.162. The standard InChI is InChI=1S/C39H28N3/c1-41-25-23-30(24-26-41)42-36-18-10-9-17-35(36)40-39(42)29-21-19-28(20-22-29)38-33-15-7-5-13-31(33)37(27-11-3-2-4-12-27)32-14-6-8-16-34(32)38/h2-26H,1H3/q+1. The van der Waals surface area contributed by atoms with Crippen molar-refractivity contribution in [2.24, 2.45) is 7.05 Å². The fourth-order valence-electron chi connectivity index (χ4n) is 6.26. The third-order valence-corrected chi connectivity index (χ3v) is 8.21. The van der Waals surface area contributed by atoms with Crippen LogP contribution in [0.15, 0.2) is 152 Å². The molecule has 8 rings (SSSR count). The minimum Gasteiger partial charge on any atom is -0.292 e. The van der Waals surface area contributed by atoms with E-state index in [1.807, 2.05) is 13.1 Å². The second-order valence-electron chi connectivity index (χ2n) is 10.8. The number of aromatic nitrogens is 3. The Morgan fingerprint density at radius 2 is 0.952 bits per heavy atom. The van der Waals surface area contributed by atoms with E-state index < -0.39 is 0 Å². The van der Waals surface area contributed by atoms with Gasteiger partial charge in [0.25, 0.3) is 0 Å². The monoisotopic (exact) mass is 538 g/mol. The van der Waals surface area contributed by atoms with Crippen molar-refractivity contribution in [3.63, 3.8) is 0 Å². The van der Waals surface area contributed by atoms with Crippen LogP contribution in [0.2, 0.25) is 0 Å². The highest BCUT2D eigenvalue weighted by atomic mass is 15.1. The predicted octanol–water partition coefficient (Wildman–Crippen LogP) is 9.16. The molecule has 8 aromatic rings. The lowest BCUT2D eigenvalue weighted by molar-refractivity contribution is -0.671. The van der Waals surface area contributed by atoms with Crippen LogP contribution in [0.3, 0.4) is 0 Å². The Morgan fingerprint density at radius 1 is 0.476 bits per heavy atom. The maximum Gasteiger partial charge on any atom is 0.170 e. The lowest BCUT2D eigenvalue weighted by Crippen LogP contribution is -2.26. The van der Waals surface area contributed by atoms with E-state index in [2.05, 4.69) is 155 Å². The molecule has 0 amide bonds. The fraction of sp³-hybridized carbons (Fsp3) is 0.0256. The largest absolute Gasteiger partial charge is 0.292 e. The van der Waals surface area contributed by atoms with Crippen LogP contribution in [0.4, 0.5) is 0 Å². The zero-order chi connectivity index (χ0) is 28.0. The van der Waals surface area contributed by atoms with Crippen LogP contribution >= 0.6 is 0 Å². The number of hydrogen-bond donors (Lipinski definition) is 0. The Labute approximate surface area is 244 Å². The molecule has 3 nitrogen and oxygen atoms in total. The van der Waals surface area contributed by atoms with Crippen LogP contribution in [-0.2, 0) is 7.05 Å². The molecular weight excluding hydrogens is 510 g/mol. The molecule has 0 aliphatic heterocycles.